The molecule has 2 heterocycles. The van der Waals surface area contributed by atoms with Crippen LogP contribution in [0, 0.1) is 24.0 Å². The standard InChI is InChI=1S/C22H27N3O4S/c1-15-8-9-20(25(26)27)17(3)22(15)30(28,29)23-12-10-19(11-13-23)24-16(2)14-18-6-4-5-7-21(18)24/h4-9,16,19H,10-14H2,1-3H3. The van der Waals surface area contributed by atoms with Gasteiger partial charge in [0.1, 0.15) is 0 Å². The summed E-state index contributed by atoms with van der Waals surface area (Å²) in [6, 6.07) is 12.0. The summed E-state index contributed by atoms with van der Waals surface area (Å²) < 4.78 is 28.3. The molecule has 0 amide bonds. The quantitative estimate of drug-likeness (QED) is 0.545. The Morgan fingerprint density at radius 2 is 1.73 bits per heavy atom. The van der Waals surface area contributed by atoms with Crippen molar-refractivity contribution in [3.8, 4) is 0 Å². The lowest BCUT2D eigenvalue weighted by Crippen LogP contribution is -2.48. The highest BCUT2D eigenvalue weighted by molar-refractivity contribution is 7.89. The van der Waals surface area contributed by atoms with Crippen molar-refractivity contribution in [2.24, 2.45) is 0 Å². The number of fused-ring (bicyclic) bond motifs is 1. The Bertz CT molecular complexity index is 1090. The molecule has 2 aliphatic rings. The number of aryl methyl sites for hydroxylation is 1. The first-order valence-electron chi connectivity index (χ1n) is 10.3. The monoisotopic (exact) mass is 429 g/mol. The first-order chi connectivity index (χ1) is 14.2. The second-order valence-corrected chi connectivity index (χ2v) is 10.2. The molecule has 4 rings (SSSR count). The Morgan fingerprint density at radius 3 is 2.40 bits per heavy atom. The van der Waals surface area contributed by atoms with Crippen molar-refractivity contribution in [2.75, 3.05) is 18.0 Å². The van der Waals surface area contributed by atoms with Crippen molar-refractivity contribution in [3.63, 3.8) is 0 Å². The van der Waals surface area contributed by atoms with Gasteiger partial charge in [-0.15, -0.1) is 0 Å². The Hall–Kier alpha value is -2.45. The summed E-state index contributed by atoms with van der Waals surface area (Å²) in [7, 11) is -3.79. The van der Waals surface area contributed by atoms with Gasteiger partial charge in [-0.3, -0.25) is 10.1 Å². The number of para-hydroxylation sites is 1. The predicted octanol–water partition coefficient (Wildman–Crippen LogP) is 3.82. The molecular formula is C22H27N3O4S. The van der Waals surface area contributed by atoms with Gasteiger partial charge in [0.2, 0.25) is 10.0 Å². The van der Waals surface area contributed by atoms with Crippen LogP contribution in [0.3, 0.4) is 0 Å². The minimum Gasteiger partial charge on any atom is -0.365 e. The van der Waals surface area contributed by atoms with Gasteiger partial charge in [0, 0.05) is 42.5 Å². The van der Waals surface area contributed by atoms with E-state index < -0.39 is 14.9 Å². The fraction of sp³-hybridized carbons (Fsp3) is 0.455. The molecule has 2 aliphatic heterocycles. The molecule has 2 aromatic carbocycles. The predicted molar refractivity (Wildman–Crippen MR) is 116 cm³/mol. The summed E-state index contributed by atoms with van der Waals surface area (Å²) in [5.74, 6) is 0. The lowest BCUT2D eigenvalue weighted by molar-refractivity contribution is -0.385. The molecule has 0 saturated carbocycles. The maximum Gasteiger partial charge on any atom is 0.273 e. The summed E-state index contributed by atoms with van der Waals surface area (Å²) in [4.78, 5) is 13.3. The second kappa shape index (κ2) is 7.67. The van der Waals surface area contributed by atoms with Gasteiger partial charge in [0.25, 0.3) is 5.69 Å². The van der Waals surface area contributed by atoms with E-state index in [2.05, 4.69) is 36.1 Å². The third kappa shape index (κ3) is 3.37. The van der Waals surface area contributed by atoms with Crippen LogP contribution in [-0.4, -0.2) is 42.8 Å². The summed E-state index contributed by atoms with van der Waals surface area (Å²) in [5.41, 5.74) is 3.21. The number of nitrogens with zero attached hydrogens (tertiary/aromatic N) is 3. The van der Waals surface area contributed by atoms with E-state index in [1.165, 1.54) is 34.6 Å². The lowest BCUT2D eigenvalue weighted by atomic mass is 10.0. The number of sulfonamides is 1. The SMILES string of the molecule is Cc1ccc([N+](=O)[O-])c(C)c1S(=O)(=O)N1CCC(N2c3ccccc3CC2C)CC1. The molecule has 2 aromatic rings. The molecule has 7 nitrogen and oxygen atoms in total. The van der Waals surface area contributed by atoms with Gasteiger partial charge in [-0.1, -0.05) is 24.3 Å². The average molecular weight is 430 g/mol. The summed E-state index contributed by atoms with van der Waals surface area (Å²) in [5, 5.41) is 11.3. The molecular weight excluding hydrogens is 402 g/mol. The van der Waals surface area contributed by atoms with E-state index in [0.717, 1.165) is 19.3 Å². The number of benzene rings is 2. The Balaban J connectivity index is 1.56. The van der Waals surface area contributed by atoms with Crippen molar-refractivity contribution in [1.82, 2.24) is 4.31 Å². The Labute approximate surface area is 177 Å². The first kappa shape index (κ1) is 20.8. The van der Waals surface area contributed by atoms with Gasteiger partial charge in [-0.05, 0) is 57.2 Å². The van der Waals surface area contributed by atoms with Crippen LogP contribution in [0.15, 0.2) is 41.3 Å². The number of rotatable bonds is 4. The minimum atomic E-state index is -3.79. The van der Waals surface area contributed by atoms with E-state index in [-0.39, 0.29) is 16.1 Å². The average Bonchev–Trinajstić information content (AvgIpc) is 3.03. The maximum atomic E-state index is 13.4. The summed E-state index contributed by atoms with van der Waals surface area (Å²) in [6.07, 6.45) is 2.50. The normalized spacial score (nSPS) is 20.4. The molecule has 160 valence electrons. The maximum absolute atomic E-state index is 13.4. The van der Waals surface area contributed by atoms with Crippen molar-refractivity contribution in [1.29, 1.82) is 0 Å². The summed E-state index contributed by atoms with van der Waals surface area (Å²) >= 11 is 0. The number of hydrogen-bond acceptors (Lipinski definition) is 5. The van der Waals surface area contributed by atoms with Crippen LogP contribution in [0.1, 0.15) is 36.5 Å². The van der Waals surface area contributed by atoms with Crippen LogP contribution < -0.4 is 4.90 Å². The molecule has 0 aliphatic carbocycles. The number of nitro groups is 1. The molecule has 1 atom stereocenters. The molecule has 8 heteroatoms. The molecule has 1 saturated heterocycles. The van der Waals surface area contributed by atoms with E-state index >= 15 is 0 Å². The highest BCUT2D eigenvalue weighted by atomic mass is 32.2. The lowest BCUT2D eigenvalue weighted by Gasteiger charge is -2.40. The van der Waals surface area contributed by atoms with Gasteiger partial charge < -0.3 is 4.90 Å². The van der Waals surface area contributed by atoms with Crippen LogP contribution in [0.4, 0.5) is 11.4 Å². The van der Waals surface area contributed by atoms with Gasteiger partial charge in [0.05, 0.1) is 9.82 Å². The van der Waals surface area contributed by atoms with Gasteiger partial charge in [-0.2, -0.15) is 4.31 Å². The molecule has 0 bridgehead atoms. The van der Waals surface area contributed by atoms with Crippen molar-refractivity contribution >= 4 is 21.4 Å². The van der Waals surface area contributed by atoms with Crippen LogP contribution in [0.5, 0.6) is 0 Å². The third-order valence-electron chi connectivity index (χ3n) is 6.45. The topological polar surface area (TPSA) is 83.8 Å². The molecule has 0 N–H and O–H groups in total. The van der Waals surface area contributed by atoms with Crippen LogP contribution >= 0.6 is 0 Å². The first-order valence-corrected chi connectivity index (χ1v) is 11.8. The Kier molecular flexibility index (Phi) is 5.32. The van der Waals surface area contributed by atoms with E-state index in [0.29, 0.717) is 30.7 Å². The number of nitro benzene ring substituents is 1. The van der Waals surface area contributed by atoms with Crippen molar-refractivity contribution < 1.29 is 13.3 Å². The molecule has 0 aromatic heterocycles. The minimum absolute atomic E-state index is 0.0787. The highest BCUT2D eigenvalue weighted by Crippen LogP contribution is 2.37. The van der Waals surface area contributed by atoms with Crippen LogP contribution in [-0.2, 0) is 16.4 Å². The van der Waals surface area contributed by atoms with E-state index in [9.17, 15) is 18.5 Å². The zero-order chi connectivity index (χ0) is 21.6. The molecule has 1 fully saturated rings. The van der Waals surface area contributed by atoms with Crippen molar-refractivity contribution in [2.45, 2.75) is 57.0 Å². The Morgan fingerprint density at radius 1 is 1.07 bits per heavy atom. The van der Waals surface area contributed by atoms with Gasteiger partial charge in [0.15, 0.2) is 0 Å². The van der Waals surface area contributed by atoms with Crippen molar-refractivity contribution in [3.05, 3.63) is 63.2 Å². The smallest absolute Gasteiger partial charge is 0.273 e. The molecule has 1 unspecified atom stereocenters. The number of piperidine rings is 1. The van der Waals surface area contributed by atoms with Crippen LogP contribution in [0.25, 0.3) is 0 Å². The second-order valence-electron chi connectivity index (χ2n) is 8.34. The number of hydrogen-bond donors (Lipinski definition) is 0. The largest absolute Gasteiger partial charge is 0.365 e. The van der Waals surface area contributed by atoms with E-state index in [4.69, 9.17) is 0 Å². The van der Waals surface area contributed by atoms with Crippen LogP contribution in [0.2, 0.25) is 0 Å². The van der Waals surface area contributed by atoms with Gasteiger partial charge >= 0.3 is 0 Å². The summed E-state index contributed by atoms with van der Waals surface area (Å²) in [6.45, 7) is 6.27. The highest BCUT2D eigenvalue weighted by Gasteiger charge is 2.38. The molecule has 0 spiro atoms. The molecule has 0 radical (unpaired) electrons. The fourth-order valence-corrected chi connectivity index (χ4v) is 6.96. The fourth-order valence-electron chi connectivity index (χ4n) is 5.05. The zero-order valence-electron chi connectivity index (χ0n) is 17.5. The zero-order valence-corrected chi connectivity index (χ0v) is 18.4. The van der Waals surface area contributed by atoms with E-state index in [1.54, 1.807) is 6.92 Å². The van der Waals surface area contributed by atoms with Gasteiger partial charge in [-0.25, -0.2) is 8.42 Å². The number of anilines is 1. The van der Waals surface area contributed by atoms with E-state index in [1.807, 2.05) is 0 Å². The third-order valence-corrected chi connectivity index (χ3v) is 8.63. The molecule has 30 heavy (non-hydrogen) atoms.